The van der Waals surface area contributed by atoms with Crippen molar-refractivity contribution in [1.29, 1.82) is 0 Å². The van der Waals surface area contributed by atoms with Crippen LogP contribution >= 0.6 is 0 Å². The summed E-state index contributed by atoms with van der Waals surface area (Å²) in [5, 5.41) is 3.02. The number of para-hydroxylation sites is 1. The first kappa shape index (κ1) is 23.2. The Morgan fingerprint density at radius 1 is 0.941 bits per heavy atom. The molecule has 0 radical (unpaired) electrons. The van der Waals surface area contributed by atoms with E-state index in [1.54, 1.807) is 52.5 Å². The number of carbonyl (C=O) groups excluding carboxylic acids is 2. The number of hydrogen-bond donors (Lipinski definition) is 1. The minimum Gasteiger partial charge on any atom is -0.497 e. The number of nitrogens with one attached hydrogen (secondary N) is 1. The minimum absolute atomic E-state index is 0.257. The van der Waals surface area contributed by atoms with Gasteiger partial charge in [-0.15, -0.1) is 0 Å². The number of ether oxygens (including phenoxy) is 3. The summed E-state index contributed by atoms with van der Waals surface area (Å²) in [6, 6.07) is 20.1. The number of amides is 2. The van der Waals surface area contributed by atoms with E-state index in [0.717, 1.165) is 11.1 Å². The number of methoxy groups -OCH3 is 3. The van der Waals surface area contributed by atoms with Gasteiger partial charge in [0, 0.05) is 42.3 Å². The first-order valence-corrected chi connectivity index (χ1v) is 11.0. The van der Waals surface area contributed by atoms with E-state index in [0.29, 0.717) is 34.9 Å². The van der Waals surface area contributed by atoms with Crippen LogP contribution in [-0.2, 0) is 17.8 Å². The molecule has 7 heteroatoms. The number of carbonyl (C=O) groups is 2. The minimum atomic E-state index is -1.19. The molecule has 0 aromatic heterocycles. The summed E-state index contributed by atoms with van der Waals surface area (Å²) < 4.78 is 16.2. The molecule has 0 bridgehead atoms. The van der Waals surface area contributed by atoms with Crippen LogP contribution in [0.5, 0.6) is 17.2 Å². The van der Waals surface area contributed by atoms with Crippen LogP contribution in [0.3, 0.4) is 0 Å². The third kappa shape index (κ3) is 4.17. The first-order chi connectivity index (χ1) is 16.4. The zero-order valence-corrected chi connectivity index (χ0v) is 19.8. The van der Waals surface area contributed by atoms with Crippen LogP contribution in [0.25, 0.3) is 0 Å². The van der Waals surface area contributed by atoms with E-state index in [2.05, 4.69) is 5.32 Å². The molecule has 2 amide bonds. The lowest BCUT2D eigenvalue weighted by Gasteiger charge is -2.44. The molecule has 3 aromatic rings. The van der Waals surface area contributed by atoms with Gasteiger partial charge in [-0.1, -0.05) is 36.4 Å². The van der Waals surface area contributed by atoms with Crippen LogP contribution in [0.15, 0.2) is 66.7 Å². The lowest BCUT2D eigenvalue weighted by molar-refractivity contribution is -0.126. The fourth-order valence-corrected chi connectivity index (χ4v) is 4.40. The molecule has 4 rings (SSSR count). The molecule has 0 unspecified atom stereocenters. The highest BCUT2D eigenvalue weighted by atomic mass is 16.5. The van der Waals surface area contributed by atoms with E-state index in [4.69, 9.17) is 14.2 Å². The number of benzene rings is 3. The molecule has 1 aliphatic heterocycles. The van der Waals surface area contributed by atoms with E-state index < -0.39 is 5.54 Å². The summed E-state index contributed by atoms with van der Waals surface area (Å²) in [5.74, 6) is 1.21. The molecule has 0 saturated heterocycles. The van der Waals surface area contributed by atoms with Crippen LogP contribution in [-0.4, -0.2) is 38.7 Å². The fourth-order valence-electron chi connectivity index (χ4n) is 4.40. The van der Waals surface area contributed by atoms with Gasteiger partial charge in [0.15, 0.2) is 0 Å². The van der Waals surface area contributed by atoms with Gasteiger partial charge in [0.25, 0.3) is 5.91 Å². The maximum absolute atomic E-state index is 13.8. The largest absolute Gasteiger partial charge is 0.497 e. The van der Waals surface area contributed by atoms with Crippen molar-refractivity contribution in [3.63, 3.8) is 0 Å². The second-order valence-corrected chi connectivity index (χ2v) is 8.31. The monoisotopic (exact) mass is 460 g/mol. The molecule has 1 heterocycles. The molecule has 3 aromatic carbocycles. The fraction of sp³-hybridized carbons (Fsp3) is 0.259. The zero-order valence-electron chi connectivity index (χ0n) is 19.8. The van der Waals surface area contributed by atoms with Gasteiger partial charge < -0.3 is 19.5 Å². The van der Waals surface area contributed by atoms with Crippen molar-refractivity contribution in [3.05, 3.63) is 83.4 Å². The lowest BCUT2D eigenvalue weighted by atomic mass is 9.82. The van der Waals surface area contributed by atoms with Gasteiger partial charge in [0.05, 0.1) is 27.0 Å². The Hall–Kier alpha value is -4.00. The van der Waals surface area contributed by atoms with Crippen molar-refractivity contribution < 1.29 is 23.8 Å². The highest BCUT2D eigenvalue weighted by Crippen LogP contribution is 2.38. The van der Waals surface area contributed by atoms with E-state index in [1.807, 2.05) is 42.5 Å². The highest BCUT2D eigenvalue weighted by Gasteiger charge is 2.47. The summed E-state index contributed by atoms with van der Waals surface area (Å²) in [7, 11) is 4.69. The maximum atomic E-state index is 13.8. The second-order valence-electron chi connectivity index (χ2n) is 8.31. The number of nitrogens with zero attached hydrogens (tertiary/aromatic N) is 1. The molecule has 0 fully saturated rings. The Morgan fingerprint density at radius 2 is 1.59 bits per heavy atom. The van der Waals surface area contributed by atoms with E-state index >= 15 is 0 Å². The van der Waals surface area contributed by atoms with Crippen LogP contribution < -0.4 is 24.4 Å². The number of rotatable bonds is 7. The van der Waals surface area contributed by atoms with Crippen molar-refractivity contribution >= 4 is 17.5 Å². The van der Waals surface area contributed by atoms with E-state index in [-0.39, 0.29) is 18.4 Å². The zero-order chi connectivity index (χ0) is 24.3. The maximum Gasteiger partial charge on any atom is 0.259 e. The third-order valence-corrected chi connectivity index (χ3v) is 6.19. The Morgan fingerprint density at radius 3 is 2.26 bits per heavy atom. The van der Waals surface area contributed by atoms with Crippen molar-refractivity contribution in [2.24, 2.45) is 0 Å². The molecule has 0 aliphatic carbocycles. The summed E-state index contributed by atoms with van der Waals surface area (Å²) in [6.45, 7) is 2.05. The van der Waals surface area contributed by atoms with Crippen LogP contribution in [0.1, 0.15) is 28.4 Å². The summed E-state index contributed by atoms with van der Waals surface area (Å²) >= 11 is 0. The lowest BCUT2D eigenvalue weighted by Crippen LogP contribution is -2.63. The van der Waals surface area contributed by atoms with Crippen LogP contribution in [0, 0.1) is 0 Å². The predicted octanol–water partition coefficient (Wildman–Crippen LogP) is 3.99. The van der Waals surface area contributed by atoms with Gasteiger partial charge in [0.1, 0.15) is 22.8 Å². The van der Waals surface area contributed by atoms with Gasteiger partial charge in [0.2, 0.25) is 5.91 Å². The number of fused-ring (bicyclic) bond motifs is 1. The Bertz CT molecular complexity index is 1200. The van der Waals surface area contributed by atoms with Gasteiger partial charge in [-0.05, 0) is 24.6 Å². The SMILES string of the molecule is COc1cc(OC)cc(N2C(=O)c3ccccc3C[C@@]2(C)C(=O)NCc2ccccc2OC)c1. The Balaban J connectivity index is 1.76. The second kappa shape index (κ2) is 9.47. The van der Waals surface area contributed by atoms with Gasteiger partial charge in [-0.25, -0.2) is 0 Å². The molecule has 0 saturated carbocycles. The normalized spacial score (nSPS) is 17.1. The Labute approximate surface area is 199 Å². The Kier molecular flexibility index (Phi) is 6.45. The van der Waals surface area contributed by atoms with E-state index in [9.17, 15) is 9.59 Å². The summed E-state index contributed by atoms with van der Waals surface area (Å²) in [6.07, 6.45) is 0.353. The number of hydrogen-bond acceptors (Lipinski definition) is 5. The van der Waals surface area contributed by atoms with Crippen molar-refractivity contribution in [1.82, 2.24) is 5.32 Å². The molecule has 1 atom stereocenters. The molecule has 176 valence electrons. The average Bonchev–Trinajstić information content (AvgIpc) is 2.87. The molecule has 1 aliphatic rings. The van der Waals surface area contributed by atoms with Crippen LogP contribution in [0.2, 0.25) is 0 Å². The van der Waals surface area contributed by atoms with E-state index in [1.165, 1.54) is 4.90 Å². The molecule has 7 nitrogen and oxygen atoms in total. The smallest absolute Gasteiger partial charge is 0.259 e. The number of anilines is 1. The van der Waals surface area contributed by atoms with Crippen LogP contribution in [0.4, 0.5) is 5.69 Å². The quantitative estimate of drug-likeness (QED) is 0.577. The molecular weight excluding hydrogens is 432 g/mol. The molecular formula is C27H28N2O5. The molecule has 1 N–H and O–H groups in total. The highest BCUT2D eigenvalue weighted by molar-refractivity contribution is 6.14. The standard InChI is InChI=1S/C27H28N2O5/c1-27(26(31)28-17-19-10-6-8-12-24(19)34-4)16-18-9-5-7-11-23(18)25(30)29(27)20-13-21(32-2)15-22(14-20)33-3/h5-15H,16-17H2,1-4H3,(H,28,31)/t27-/m0/s1. The van der Waals surface area contributed by atoms with Crippen molar-refractivity contribution in [3.8, 4) is 17.2 Å². The van der Waals surface area contributed by atoms with Gasteiger partial charge in [-0.2, -0.15) is 0 Å². The first-order valence-electron chi connectivity index (χ1n) is 11.0. The predicted molar refractivity (Wildman–Crippen MR) is 130 cm³/mol. The van der Waals surface area contributed by atoms with Gasteiger partial charge >= 0.3 is 0 Å². The van der Waals surface area contributed by atoms with Gasteiger partial charge in [-0.3, -0.25) is 14.5 Å². The molecule has 0 spiro atoms. The molecule has 34 heavy (non-hydrogen) atoms. The summed E-state index contributed by atoms with van der Waals surface area (Å²) in [5.41, 5.74) is 1.57. The summed E-state index contributed by atoms with van der Waals surface area (Å²) in [4.78, 5) is 29.0. The topological polar surface area (TPSA) is 77.1 Å². The average molecular weight is 461 g/mol. The van der Waals surface area contributed by atoms with Crippen molar-refractivity contribution in [2.75, 3.05) is 26.2 Å². The van der Waals surface area contributed by atoms with Crippen molar-refractivity contribution in [2.45, 2.75) is 25.4 Å². The third-order valence-electron chi connectivity index (χ3n) is 6.19.